The van der Waals surface area contributed by atoms with Gasteiger partial charge >= 0.3 is 5.97 Å². The highest BCUT2D eigenvalue weighted by molar-refractivity contribution is 5.91. The molecule has 1 amide bonds. The van der Waals surface area contributed by atoms with E-state index in [9.17, 15) is 9.59 Å². The number of ether oxygens (including phenoxy) is 2. The van der Waals surface area contributed by atoms with Gasteiger partial charge in [-0.25, -0.2) is 4.79 Å². The Bertz CT molecular complexity index is 460. The van der Waals surface area contributed by atoms with Crippen LogP contribution in [0.15, 0.2) is 18.2 Å². The summed E-state index contributed by atoms with van der Waals surface area (Å²) in [4.78, 5) is 22.7. The van der Waals surface area contributed by atoms with Crippen LogP contribution in [0.2, 0.25) is 0 Å². The fraction of sp³-hybridized carbons (Fsp3) is 0.385. The van der Waals surface area contributed by atoms with Crippen LogP contribution < -0.4 is 15.8 Å². The average Bonchev–Trinajstić information content (AvgIpc) is 2.42. The van der Waals surface area contributed by atoms with E-state index in [1.807, 2.05) is 0 Å². The minimum Gasteiger partial charge on any atom is -0.495 e. The van der Waals surface area contributed by atoms with E-state index in [-0.39, 0.29) is 12.5 Å². The lowest BCUT2D eigenvalue weighted by Gasteiger charge is -2.07. The zero-order valence-electron chi connectivity index (χ0n) is 11.1. The first-order valence-corrected chi connectivity index (χ1v) is 5.89. The van der Waals surface area contributed by atoms with Gasteiger partial charge in [-0.3, -0.25) is 4.79 Å². The van der Waals surface area contributed by atoms with Crippen LogP contribution in [0.1, 0.15) is 23.2 Å². The topological polar surface area (TPSA) is 90.6 Å². The van der Waals surface area contributed by atoms with Gasteiger partial charge in [0.05, 0.1) is 25.0 Å². The van der Waals surface area contributed by atoms with Crippen molar-refractivity contribution >= 4 is 17.6 Å². The fourth-order valence-electron chi connectivity index (χ4n) is 1.47. The first-order valence-electron chi connectivity index (χ1n) is 5.89. The molecule has 0 unspecified atom stereocenters. The number of carbonyl (C=O) groups excluding carboxylic acids is 2. The molecular formula is C13H18N2O4. The number of methoxy groups -OCH3 is 1. The number of esters is 1. The second-order valence-electron chi connectivity index (χ2n) is 3.87. The predicted octanol–water partition coefficient (Wildman–Crippen LogP) is 0.960. The molecule has 0 saturated carbocycles. The Kier molecular flexibility index (Phi) is 5.66. The summed E-state index contributed by atoms with van der Waals surface area (Å²) in [5.41, 5.74) is 6.43. The van der Waals surface area contributed by atoms with E-state index in [2.05, 4.69) is 5.32 Å². The van der Waals surface area contributed by atoms with Crippen molar-refractivity contribution < 1.29 is 19.1 Å². The Morgan fingerprint density at radius 1 is 1.37 bits per heavy atom. The van der Waals surface area contributed by atoms with Gasteiger partial charge in [-0.2, -0.15) is 0 Å². The van der Waals surface area contributed by atoms with Crippen LogP contribution in [0, 0.1) is 0 Å². The van der Waals surface area contributed by atoms with Crippen LogP contribution in [-0.4, -0.2) is 32.6 Å². The van der Waals surface area contributed by atoms with Crippen LogP contribution in [0.3, 0.4) is 0 Å². The van der Waals surface area contributed by atoms with Crippen molar-refractivity contribution in [3.05, 3.63) is 23.8 Å². The van der Waals surface area contributed by atoms with E-state index in [0.29, 0.717) is 29.8 Å². The highest BCUT2D eigenvalue weighted by Gasteiger charge is 2.10. The summed E-state index contributed by atoms with van der Waals surface area (Å²) < 4.78 is 10.0. The SMILES string of the molecule is CNC(=O)CCCOC(=O)c1ccc(OC)c(N)c1. The predicted molar refractivity (Wildman–Crippen MR) is 71.0 cm³/mol. The van der Waals surface area contributed by atoms with E-state index in [4.69, 9.17) is 15.2 Å². The van der Waals surface area contributed by atoms with Gasteiger partial charge < -0.3 is 20.5 Å². The molecule has 0 saturated heterocycles. The molecule has 0 heterocycles. The van der Waals surface area contributed by atoms with Crippen LogP contribution >= 0.6 is 0 Å². The lowest BCUT2D eigenvalue weighted by molar-refractivity contribution is -0.120. The molecule has 3 N–H and O–H groups in total. The van der Waals surface area contributed by atoms with Gasteiger partial charge in [-0.1, -0.05) is 0 Å². The van der Waals surface area contributed by atoms with E-state index in [0.717, 1.165) is 0 Å². The highest BCUT2D eigenvalue weighted by Crippen LogP contribution is 2.22. The maximum absolute atomic E-state index is 11.7. The van der Waals surface area contributed by atoms with Crippen molar-refractivity contribution in [2.24, 2.45) is 0 Å². The number of nitrogen functional groups attached to an aromatic ring is 1. The zero-order valence-corrected chi connectivity index (χ0v) is 11.1. The van der Waals surface area contributed by atoms with E-state index < -0.39 is 5.97 Å². The van der Waals surface area contributed by atoms with Gasteiger partial charge in [0.2, 0.25) is 5.91 Å². The number of amides is 1. The number of rotatable bonds is 6. The summed E-state index contributed by atoms with van der Waals surface area (Å²) in [6.07, 6.45) is 0.811. The lowest BCUT2D eigenvalue weighted by Crippen LogP contribution is -2.18. The lowest BCUT2D eigenvalue weighted by atomic mass is 10.2. The molecule has 0 fully saturated rings. The number of carbonyl (C=O) groups is 2. The van der Waals surface area contributed by atoms with Crippen LogP contribution in [-0.2, 0) is 9.53 Å². The number of nitrogens with two attached hydrogens (primary N) is 1. The standard InChI is InChI=1S/C13H18N2O4/c1-15-12(16)4-3-7-19-13(17)9-5-6-11(18-2)10(14)8-9/h5-6,8H,3-4,7,14H2,1-2H3,(H,15,16). The number of hydrogen-bond acceptors (Lipinski definition) is 5. The largest absolute Gasteiger partial charge is 0.495 e. The molecule has 0 spiro atoms. The third kappa shape index (κ3) is 4.50. The second-order valence-corrected chi connectivity index (χ2v) is 3.87. The second kappa shape index (κ2) is 7.25. The first-order chi connectivity index (χ1) is 9.08. The van der Waals surface area contributed by atoms with E-state index in [1.54, 1.807) is 19.2 Å². The normalized spacial score (nSPS) is 9.79. The minimum atomic E-state index is -0.466. The molecule has 6 nitrogen and oxygen atoms in total. The van der Waals surface area contributed by atoms with Gasteiger partial charge in [0.1, 0.15) is 5.75 Å². The molecule has 104 valence electrons. The highest BCUT2D eigenvalue weighted by atomic mass is 16.5. The van der Waals surface area contributed by atoms with Gasteiger partial charge in [0, 0.05) is 13.5 Å². The van der Waals surface area contributed by atoms with Crippen molar-refractivity contribution in [1.29, 1.82) is 0 Å². The Hall–Kier alpha value is -2.24. The third-order valence-electron chi connectivity index (χ3n) is 2.53. The zero-order chi connectivity index (χ0) is 14.3. The Labute approximate surface area is 111 Å². The molecule has 0 atom stereocenters. The Morgan fingerprint density at radius 3 is 2.68 bits per heavy atom. The molecule has 0 aliphatic rings. The van der Waals surface area contributed by atoms with Crippen LogP contribution in [0.25, 0.3) is 0 Å². The molecule has 0 aromatic heterocycles. The minimum absolute atomic E-state index is 0.0789. The number of benzene rings is 1. The summed E-state index contributed by atoms with van der Waals surface area (Å²) >= 11 is 0. The summed E-state index contributed by atoms with van der Waals surface area (Å²) in [7, 11) is 3.07. The number of anilines is 1. The molecule has 0 bridgehead atoms. The fourth-order valence-corrected chi connectivity index (χ4v) is 1.47. The number of nitrogens with one attached hydrogen (secondary N) is 1. The monoisotopic (exact) mass is 266 g/mol. The smallest absolute Gasteiger partial charge is 0.338 e. The quantitative estimate of drug-likeness (QED) is 0.454. The van der Waals surface area contributed by atoms with Gasteiger partial charge in [0.15, 0.2) is 0 Å². The van der Waals surface area contributed by atoms with E-state index >= 15 is 0 Å². The van der Waals surface area contributed by atoms with Crippen molar-refractivity contribution in [2.75, 3.05) is 26.5 Å². The van der Waals surface area contributed by atoms with Crippen molar-refractivity contribution in [1.82, 2.24) is 5.32 Å². The molecule has 0 aliphatic carbocycles. The molecule has 0 radical (unpaired) electrons. The van der Waals surface area contributed by atoms with Crippen molar-refractivity contribution in [3.8, 4) is 5.75 Å². The van der Waals surface area contributed by atoms with Gasteiger partial charge in [0.25, 0.3) is 0 Å². The summed E-state index contributed by atoms with van der Waals surface area (Å²) in [6.45, 7) is 0.193. The first kappa shape index (κ1) is 14.8. The van der Waals surface area contributed by atoms with E-state index in [1.165, 1.54) is 13.2 Å². The molecule has 1 aromatic rings. The maximum atomic E-state index is 11.7. The van der Waals surface area contributed by atoms with Crippen LogP contribution in [0.5, 0.6) is 5.75 Å². The maximum Gasteiger partial charge on any atom is 0.338 e. The molecular weight excluding hydrogens is 248 g/mol. The average molecular weight is 266 g/mol. The van der Waals surface area contributed by atoms with Gasteiger partial charge in [-0.05, 0) is 24.6 Å². The number of hydrogen-bond donors (Lipinski definition) is 2. The third-order valence-corrected chi connectivity index (χ3v) is 2.53. The molecule has 6 heteroatoms. The molecule has 1 aromatic carbocycles. The summed E-state index contributed by atoms with van der Waals surface area (Å²) in [6, 6.07) is 4.69. The molecule has 19 heavy (non-hydrogen) atoms. The molecule has 1 rings (SSSR count). The van der Waals surface area contributed by atoms with Crippen molar-refractivity contribution in [3.63, 3.8) is 0 Å². The Morgan fingerprint density at radius 2 is 2.11 bits per heavy atom. The van der Waals surface area contributed by atoms with Gasteiger partial charge in [-0.15, -0.1) is 0 Å². The van der Waals surface area contributed by atoms with Crippen LogP contribution in [0.4, 0.5) is 5.69 Å². The molecule has 0 aliphatic heterocycles. The summed E-state index contributed by atoms with van der Waals surface area (Å²) in [5.74, 6) is -0.0350. The van der Waals surface area contributed by atoms with Crippen molar-refractivity contribution in [2.45, 2.75) is 12.8 Å². The summed E-state index contributed by atoms with van der Waals surface area (Å²) in [5, 5.41) is 2.50. The Balaban J connectivity index is 2.45.